The van der Waals surface area contributed by atoms with Crippen LogP contribution in [-0.2, 0) is 7.05 Å². The quantitative estimate of drug-likeness (QED) is 0.439. The summed E-state index contributed by atoms with van der Waals surface area (Å²) in [6, 6.07) is 22.0. The van der Waals surface area contributed by atoms with E-state index >= 15 is 0 Å². The standard InChI is InChI=1S/C23H18N4O/c1-26-13-11-24-23(26)18-7-5-9-20(15-18)28-19-8-4-6-17(14-19)22-21-10-2-3-12-27(21)16-25-22/h2-16H,1H3. The molecule has 0 radical (unpaired) electrons. The van der Waals surface area contributed by atoms with Gasteiger partial charge in [-0.15, -0.1) is 0 Å². The van der Waals surface area contributed by atoms with Gasteiger partial charge in [-0.1, -0.05) is 30.3 Å². The second-order valence-corrected chi connectivity index (χ2v) is 6.61. The number of aryl methyl sites for hydroxylation is 1. The minimum absolute atomic E-state index is 0.770. The Hall–Kier alpha value is -3.86. The van der Waals surface area contributed by atoms with E-state index < -0.39 is 0 Å². The molecule has 3 aromatic heterocycles. The third-order valence-electron chi connectivity index (χ3n) is 4.70. The number of pyridine rings is 1. The number of fused-ring (bicyclic) bond motifs is 1. The Labute approximate surface area is 162 Å². The molecule has 5 nitrogen and oxygen atoms in total. The van der Waals surface area contributed by atoms with Crippen molar-refractivity contribution in [2.75, 3.05) is 0 Å². The minimum atomic E-state index is 0.770. The maximum absolute atomic E-state index is 6.14. The molecule has 0 unspecified atom stereocenters. The Bertz CT molecular complexity index is 1270. The second kappa shape index (κ2) is 6.70. The molecule has 28 heavy (non-hydrogen) atoms. The predicted octanol–water partition coefficient (Wildman–Crippen LogP) is 5.19. The molecule has 0 atom stereocenters. The fourth-order valence-electron chi connectivity index (χ4n) is 3.35. The number of nitrogens with zero attached hydrogens (tertiary/aromatic N) is 4. The molecule has 0 saturated carbocycles. The second-order valence-electron chi connectivity index (χ2n) is 6.61. The van der Waals surface area contributed by atoms with E-state index in [9.17, 15) is 0 Å². The number of hydrogen-bond donors (Lipinski definition) is 0. The van der Waals surface area contributed by atoms with Crippen LogP contribution < -0.4 is 4.74 Å². The maximum Gasteiger partial charge on any atom is 0.139 e. The van der Waals surface area contributed by atoms with Gasteiger partial charge in [-0.25, -0.2) is 9.97 Å². The van der Waals surface area contributed by atoms with Gasteiger partial charge in [-0.3, -0.25) is 0 Å². The molecule has 5 aromatic rings. The van der Waals surface area contributed by atoms with Crippen molar-refractivity contribution >= 4 is 5.52 Å². The summed E-state index contributed by atoms with van der Waals surface area (Å²) in [5, 5.41) is 0. The highest BCUT2D eigenvalue weighted by Gasteiger charge is 2.09. The molecule has 0 bridgehead atoms. The Kier molecular flexibility index (Phi) is 3.91. The van der Waals surface area contributed by atoms with Crippen molar-refractivity contribution in [2.45, 2.75) is 0 Å². The smallest absolute Gasteiger partial charge is 0.139 e. The average molecular weight is 366 g/mol. The highest BCUT2D eigenvalue weighted by molar-refractivity contribution is 5.77. The van der Waals surface area contributed by atoms with Crippen LogP contribution in [0.4, 0.5) is 0 Å². The summed E-state index contributed by atoms with van der Waals surface area (Å²) in [7, 11) is 1.98. The number of benzene rings is 2. The predicted molar refractivity (Wildman–Crippen MR) is 109 cm³/mol. The third kappa shape index (κ3) is 2.93. The first-order valence-corrected chi connectivity index (χ1v) is 9.06. The molecular formula is C23H18N4O. The topological polar surface area (TPSA) is 44.3 Å². The van der Waals surface area contributed by atoms with Crippen LogP contribution in [0.5, 0.6) is 11.5 Å². The Morgan fingerprint density at radius 2 is 1.57 bits per heavy atom. The first kappa shape index (κ1) is 16.3. The Morgan fingerprint density at radius 3 is 2.36 bits per heavy atom. The SMILES string of the molecule is Cn1ccnc1-c1cccc(Oc2cccc(-c3ncn4ccccc34)c2)c1. The van der Waals surface area contributed by atoms with Gasteiger partial charge in [0.25, 0.3) is 0 Å². The molecule has 0 aliphatic rings. The zero-order chi connectivity index (χ0) is 18.9. The average Bonchev–Trinajstić information content (AvgIpc) is 3.34. The highest BCUT2D eigenvalue weighted by atomic mass is 16.5. The molecule has 0 fully saturated rings. The van der Waals surface area contributed by atoms with Gasteiger partial charge in [0.1, 0.15) is 17.3 Å². The lowest BCUT2D eigenvalue weighted by molar-refractivity contribution is 0.483. The van der Waals surface area contributed by atoms with Crippen molar-refractivity contribution in [3.8, 4) is 34.1 Å². The molecule has 3 heterocycles. The van der Waals surface area contributed by atoms with Crippen LogP contribution in [0.2, 0.25) is 0 Å². The van der Waals surface area contributed by atoms with Crippen LogP contribution in [0, 0.1) is 0 Å². The molecule has 0 amide bonds. The molecule has 5 rings (SSSR count). The zero-order valence-corrected chi connectivity index (χ0v) is 15.4. The summed E-state index contributed by atoms with van der Waals surface area (Å²) in [4.78, 5) is 8.98. The van der Waals surface area contributed by atoms with Crippen LogP contribution >= 0.6 is 0 Å². The van der Waals surface area contributed by atoms with Crippen LogP contribution in [0.25, 0.3) is 28.2 Å². The van der Waals surface area contributed by atoms with Crippen molar-refractivity contribution in [2.24, 2.45) is 7.05 Å². The van der Waals surface area contributed by atoms with Gasteiger partial charge in [-0.05, 0) is 36.4 Å². The molecule has 0 aliphatic heterocycles. The summed E-state index contributed by atoms with van der Waals surface area (Å²) in [6.45, 7) is 0. The summed E-state index contributed by atoms with van der Waals surface area (Å²) in [5.74, 6) is 2.45. The number of rotatable bonds is 4. The first-order chi connectivity index (χ1) is 13.8. The van der Waals surface area contributed by atoms with E-state index in [-0.39, 0.29) is 0 Å². The molecule has 0 N–H and O–H groups in total. The van der Waals surface area contributed by atoms with E-state index in [1.165, 1.54) is 0 Å². The van der Waals surface area contributed by atoms with E-state index in [4.69, 9.17) is 4.74 Å². The zero-order valence-electron chi connectivity index (χ0n) is 15.4. The highest BCUT2D eigenvalue weighted by Crippen LogP contribution is 2.30. The van der Waals surface area contributed by atoms with Gasteiger partial charge in [0.15, 0.2) is 0 Å². The van der Waals surface area contributed by atoms with Crippen molar-refractivity contribution in [3.63, 3.8) is 0 Å². The number of imidazole rings is 2. The number of aromatic nitrogens is 4. The van der Waals surface area contributed by atoms with Crippen molar-refractivity contribution in [1.82, 2.24) is 18.9 Å². The van der Waals surface area contributed by atoms with Crippen molar-refractivity contribution in [3.05, 3.63) is 91.6 Å². The summed E-state index contributed by atoms with van der Waals surface area (Å²) in [6.07, 6.45) is 7.55. The number of hydrogen-bond acceptors (Lipinski definition) is 3. The third-order valence-corrected chi connectivity index (χ3v) is 4.70. The molecular weight excluding hydrogens is 348 g/mol. The van der Waals surface area contributed by atoms with E-state index in [1.807, 2.05) is 95.4 Å². The van der Waals surface area contributed by atoms with Gasteiger partial charge in [0.2, 0.25) is 0 Å². The lowest BCUT2D eigenvalue weighted by atomic mass is 10.1. The fourth-order valence-corrected chi connectivity index (χ4v) is 3.35. The maximum atomic E-state index is 6.14. The van der Waals surface area contributed by atoms with Crippen molar-refractivity contribution < 1.29 is 4.74 Å². The summed E-state index contributed by atoms with van der Waals surface area (Å²) < 4.78 is 10.1. The lowest BCUT2D eigenvalue weighted by Gasteiger charge is -2.09. The minimum Gasteiger partial charge on any atom is -0.457 e. The summed E-state index contributed by atoms with van der Waals surface area (Å²) in [5.41, 5.74) is 4.04. The van der Waals surface area contributed by atoms with Gasteiger partial charge in [-0.2, -0.15) is 0 Å². The van der Waals surface area contributed by atoms with Gasteiger partial charge in [0, 0.05) is 36.8 Å². The monoisotopic (exact) mass is 366 g/mol. The van der Waals surface area contributed by atoms with E-state index in [0.29, 0.717) is 0 Å². The normalized spacial score (nSPS) is 11.0. The van der Waals surface area contributed by atoms with Gasteiger partial charge in [0.05, 0.1) is 17.5 Å². The van der Waals surface area contributed by atoms with Crippen LogP contribution in [0.1, 0.15) is 0 Å². The lowest BCUT2D eigenvalue weighted by Crippen LogP contribution is -1.92. The molecule has 2 aromatic carbocycles. The Balaban J connectivity index is 1.47. The van der Waals surface area contributed by atoms with E-state index in [1.54, 1.807) is 6.20 Å². The van der Waals surface area contributed by atoms with Gasteiger partial charge < -0.3 is 13.7 Å². The van der Waals surface area contributed by atoms with Crippen LogP contribution in [0.3, 0.4) is 0 Å². The molecule has 5 heteroatoms. The number of ether oxygens (including phenoxy) is 1. The molecule has 0 saturated heterocycles. The largest absolute Gasteiger partial charge is 0.457 e. The fraction of sp³-hybridized carbons (Fsp3) is 0.0435. The van der Waals surface area contributed by atoms with Crippen LogP contribution in [0.15, 0.2) is 91.6 Å². The molecule has 0 spiro atoms. The van der Waals surface area contributed by atoms with Crippen LogP contribution in [-0.4, -0.2) is 18.9 Å². The first-order valence-electron chi connectivity index (χ1n) is 9.06. The Morgan fingerprint density at radius 1 is 0.786 bits per heavy atom. The van der Waals surface area contributed by atoms with E-state index in [2.05, 4.69) is 16.0 Å². The molecule has 136 valence electrons. The molecule has 0 aliphatic carbocycles. The van der Waals surface area contributed by atoms with Gasteiger partial charge >= 0.3 is 0 Å². The summed E-state index contributed by atoms with van der Waals surface area (Å²) >= 11 is 0. The van der Waals surface area contributed by atoms with E-state index in [0.717, 1.165) is 39.7 Å². The van der Waals surface area contributed by atoms with Crippen molar-refractivity contribution in [1.29, 1.82) is 0 Å².